The van der Waals surface area contributed by atoms with Gasteiger partial charge in [-0.25, -0.2) is 9.78 Å². The Morgan fingerprint density at radius 2 is 2.00 bits per heavy atom. The fourth-order valence-corrected chi connectivity index (χ4v) is 3.10. The normalized spacial score (nSPS) is 10.5. The van der Waals surface area contributed by atoms with Crippen LogP contribution in [0.4, 0.5) is 9.93 Å². The van der Waals surface area contributed by atoms with Crippen molar-refractivity contribution < 1.29 is 19.1 Å². The number of aromatic nitrogens is 1. The summed E-state index contributed by atoms with van der Waals surface area (Å²) in [6, 6.07) is 9.92. The van der Waals surface area contributed by atoms with E-state index >= 15 is 0 Å². The molecule has 2 N–H and O–H groups in total. The van der Waals surface area contributed by atoms with Crippen LogP contribution in [0.5, 0.6) is 0 Å². The van der Waals surface area contributed by atoms with Gasteiger partial charge in [0.1, 0.15) is 10.6 Å². The van der Waals surface area contributed by atoms with E-state index < -0.39 is 6.09 Å². The second kappa shape index (κ2) is 6.23. The van der Waals surface area contributed by atoms with Gasteiger partial charge in [0.2, 0.25) is 5.78 Å². The Labute approximate surface area is 139 Å². The molecule has 3 aromatic rings. The van der Waals surface area contributed by atoms with Gasteiger partial charge in [-0.05, 0) is 24.3 Å². The minimum absolute atomic E-state index is 0.0827. The first kappa shape index (κ1) is 15.3. The number of carbonyl (C=O) groups excluding carboxylic acids is 1. The number of furan rings is 1. The first-order valence-electron chi connectivity index (χ1n) is 6.40. The smallest absolute Gasteiger partial charge is 0.410 e. The lowest BCUT2D eigenvalue weighted by Gasteiger charge is -2.02. The Hall–Kier alpha value is -2.64. The molecule has 1 aromatic carbocycles. The molecule has 0 spiro atoms. The second-order valence-corrected chi connectivity index (χ2v) is 5.82. The molecule has 0 bridgehead atoms. The number of nitrogens with zero attached hydrogens (tertiary/aromatic N) is 1. The quantitative estimate of drug-likeness (QED) is 0.682. The zero-order valence-electron chi connectivity index (χ0n) is 11.4. The third-order valence-electron chi connectivity index (χ3n) is 2.92. The highest BCUT2D eigenvalue weighted by Gasteiger charge is 2.24. The molecule has 116 valence electrons. The molecule has 23 heavy (non-hydrogen) atoms. The maximum absolute atomic E-state index is 12.8. The number of rotatable bonds is 4. The number of hydrogen-bond acceptors (Lipinski definition) is 5. The number of thiazole rings is 1. The third-order valence-corrected chi connectivity index (χ3v) is 4.22. The maximum Gasteiger partial charge on any atom is 0.410 e. The highest BCUT2D eigenvalue weighted by molar-refractivity contribution is 7.18. The van der Waals surface area contributed by atoms with Crippen molar-refractivity contribution in [3.8, 4) is 11.5 Å². The third kappa shape index (κ3) is 3.10. The molecule has 2 aromatic heterocycles. The molecule has 0 aliphatic rings. The molecule has 0 saturated carbocycles. The minimum atomic E-state index is -1.26. The van der Waals surface area contributed by atoms with Crippen LogP contribution in [0.1, 0.15) is 15.2 Å². The van der Waals surface area contributed by atoms with Gasteiger partial charge >= 0.3 is 6.09 Å². The van der Waals surface area contributed by atoms with Crippen LogP contribution >= 0.6 is 22.9 Å². The molecule has 8 heteroatoms. The highest BCUT2D eigenvalue weighted by atomic mass is 35.5. The average molecular weight is 349 g/mol. The van der Waals surface area contributed by atoms with E-state index in [-0.39, 0.29) is 21.5 Å². The van der Waals surface area contributed by atoms with Crippen LogP contribution in [0.15, 0.2) is 47.1 Å². The fraction of sp³-hybridized carbons (Fsp3) is 0. The first-order valence-corrected chi connectivity index (χ1v) is 7.59. The number of carboxylic acid groups (broad SMARTS) is 1. The number of halogens is 1. The van der Waals surface area contributed by atoms with E-state index in [1.807, 2.05) is 0 Å². The van der Waals surface area contributed by atoms with Gasteiger partial charge in [-0.2, -0.15) is 0 Å². The van der Waals surface area contributed by atoms with Crippen LogP contribution in [0, 0.1) is 0 Å². The summed E-state index contributed by atoms with van der Waals surface area (Å²) in [6.07, 6.45) is 0.185. The molecule has 0 unspecified atom stereocenters. The molecule has 0 radical (unpaired) electrons. The number of hydrogen-bond donors (Lipinski definition) is 2. The Morgan fingerprint density at radius 3 is 2.65 bits per heavy atom. The molecular formula is C15H9ClN2O4S. The summed E-state index contributed by atoms with van der Waals surface area (Å²) in [5.74, 6) is 0.0213. The predicted octanol–water partition coefficient (Wildman–Crippen LogP) is 4.38. The monoisotopic (exact) mass is 348 g/mol. The van der Waals surface area contributed by atoms with Crippen molar-refractivity contribution in [1.29, 1.82) is 0 Å². The molecule has 0 fully saturated rings. The largest absolute Gasteiger partial charge is 0.465 e. The molecule has 0 aliphatic carbocycles. The van der Waals surface area contributed by atoms with Gasteiger partial charge in [-0.3, -0.25) is 10.1 Å². The number of nitrogens with one attached hydrogen (secondary N) is 1. The molecule has 0 saturated heterocycles. The standard InChI is InChI=1S/C15H9ClN2O4S/c16-9-5-2-1-4-8(9)12(19)13-11(10-6-3-7-22-10)17-14(23-13)18-15(20)21/h1-7H,(H,17,18)(H,20,21). The molecule has 2 heterocycles. The average Bonchev–Trinajstić information content (AvgIpc) is 3.15. The van der Waals surface area contributed by atoms with Crippen LogP contribution in [-0.2, 0) is 0 Å². The minimum Gasteiger partial charge on any atom is -0.465 e. The predicted molar refractivity (Wildman–Crippen MR) is 86.3 cm³/mol. The van der Waals surface area contributed by atoms with Gasteiger partial charge in [-0.1, -0.05) is 35.1 Å². The number of ketones is 1. The van der Waals surface area contributed by atoms with E-state index in [0.717, 1.165) is 11.3 Å². The molecular weight excluding hydrogens is 340 g/mol. The van der Waals surface area contributed by atoms with Gasteiger partial charge in [0.05, 0.1) is 11.3 Å². The van der Waals surface area contributed by atoms with E-state index in [4.69, 9.17) is 21.1 Å². The molecule has 0 atom stereocenters. The van der Waals surface area contributed by atoms with Gasteiger partial charge < -0.3 is 9.52 Å². The Bertz CT molecular complexity index is 873. The molecule has 6 nitrogen and oxygen atoms in total. The van der Waals surface area contributed by atoms with Crippen molar-refractivity contribution >= 4 is 39.9 Å². The van der Waals surface area contributed by atoms with Crippen molar-refractivity contribution in [2.24, 2.45) is 0 Å². The zero-order chi connectivity index (χ0) is 16.4. The number of anilines is 1. The maximum atomic E-state index is 12.8. The van der Waals surface area contributed by atoms with Crippen molar-refractivity contribution in [2.75, 3.05) is 5.32 Å². The number of benzene rings is 1. The van der Waals surface area contributed by atoms with Crippen molar-refractivity contribution in [1.82, 2.24) is 4.98 Å². The first-order chi connectivity index (χ1) is 11.1. The van der Waals surface area contributed by atoms with Crippen LogP contribution < -0.4 is 5.32 Å². The fourth-order valence-electron chi connectivity index (χ4n) is 1.97. The summed E-state index contributed by atoms with van der Waals surface area (Å²) < 4.78 is 5.28. The van der Waals surface area contributed by atoms with Crippen molar-refractivity contribution in [2.45, 2.75) is 0 Å². The second-order valence-electron chi connectivity index (χ2n) is 4.41. The lowest BCUT2D eigenvalue weighted by atomic mass is 10.1. The van der Waals surface area contributed by atoms with Crippen LogP contribution in [0.3, 0.4) is 0 Å². The summed E-state index contributed by atoms with van der Waals surface area (Å²) in [5, 5.41) is 11.4. The Kier molecular flexibility index (Phi) is 4.14. The summed E-state index contributed by atoms with van der Waals surface area (Å²) >= 11 is 6.99. The van der Waals surface area contributed by atoms with Crippen LogP contribution in [0.25, 0.3) is 11.5 Å². The van der Waals surface area contributed by atoms with Gasteiger partial charge in [-0.15, -0.1) is 0 Å². The zero-order valence-corrected chi connectivity index (χ0v) is 13.0. The summed E-state index contributed by atoms with van der Waals surface area (Å²) in [7, 11) is 0. The Balaban J connectivity index is 2.10. The van der Waals surface area contributed by atoms with E-state index in [1.54, 1.807) is 36.4 Å². The topological polar surface area (TPSA) is 92.4 Å². The van der Waals surface area contributed by atoms with E-state index in [0.29, 0.717) is 16.3 Å². The SMILES string of the molecule is O=C(O)Nc1nc(-c2ccco2)c(C(=O)c2ccccc2Cl)s1. The summed E-state index contributed by atoms with van der Waals surface area (Å²) in [4.78, 5) is 27.9. The van der Waals surface area contributed by atoms with Gasteiger partial charge in [0.15, 0.2) is 10.9 Å². The van der Waals surface area contributed by atoms with Crippen molar-refractivity contribution in [3.63, 3.8) is 0 Å². The van der Waals surface area contributed by atoms with Gasteiger partial charge in [0, 0.05) is 5.56 Å². The lowest BCUT2D eigenvalue weighted by Crippen LogP contribution is -2.06. The summed E-state index contributed by atoms with van der Waals surface area (Å²) in [6.45, 7) is 0. The van der Waals surface area contributed by atoms with Crippen LogP contribution in [-0.4, -0.2) is 22.0 Å². The molecule has 1 amide bonds. The number of carbonyl (C=O) groups is 2. The number of amides is 1. The lowest BCUT2D eigenvalue weighted by molar-refractivity contribution is 0.104. The highest BCUT2D eigenvalue weighted by Crippen LogP contribution is 2.34. The van der Waals surface area contributed by atoms with E-state index in [1.165, 1.54) is 6.26 Å². The Morgan fingerprint density at radius 1 is 1.22 bits per heavy atom. The van der Waals surface area contributed by atoms with Gasteiger partial charge in [0.25, 0.3) is 0 Å². The van der Waals surface area contributed by atoms with E-state index in [9.17, 15) is 9.59 Å². The van der Waals surface area contributed by atoms with Crippen molar-refractivity contribution in [3.05, 3.63) is 58.1 Å². The van der Waals surface area contributed by atoms with E-state index in [2.05, 4.69) is 10.3 Å². The molecule has 0 aliphatic heterocycles. The molecule has 3 rings (SSSR count). The van der Waals surface area contributed by atoms with Crippen LogP contribution in [0.2, 0.25) is 5.02 Å². The summed E-state index contributed by atoms with van der Waals surface area (Å²) in [5.41, 5.74) is 0.584.